The fraction of sp³-hybridized carbons (Fsp3) is 0.333. The van der Waals surface area contributed by atoms with Crippen LogP contribution >= 0.6 is 23.2 Å². The summed E-state index contributed by atoms with van der Waals surface area (Å²) in [5.41, 5.74) is -0.325. The number of imidazole rings is 1. The molecule has 0 amide bonds. The van der Waals surface area contributed by atoms with Gasteiger partial charge in [0.25, 0.3) is 0 Å². The molecule has 4 rings (SSSR count). The van der Waals surface area contributed by atoms with E-state index >= 15 is 0 Å². The zero-order valence-corrected chi connectivity index (χ0v) is 17.8. The molecule has 9 heteroatoms. The zero-order chi connectivity index (χ0) is 21.5. The molecule has 154 valence electrons. The first-order chi connectivity index (χ1) is 14.4. The Kier molecular flexibility index (Phi) is 5.41. The van der Waals surface area contributed by atoms with Gasteiger partial charge >= 0.3 is 5.97 Å². The number of hydrogen-bond donors (Lipinski definition) is 0. The third-order valence-corrected chi connectivity index (χ3v) is 5.84. The van der Waals surface area contributed by atoms with Crippen LogP contribution in [0.25, 0.3) is 11.2 Å². The number of carbonyl (C=O) groups excluding carboxylic acids is 1. The number of nitrogens with zero attached hydrogens (tertiary/aromatic N) is 4. The smallest absolute Gasteiger partial charge is 0.339 e. The second kappa shape index (κ2) is 7.88. The van der Waals surface area contributed by atoms with Gasteiger partial charge in [-0.25, -0.2) is 14.8 Å². The Morgan fingerprint density at radius 1 is 1.33 bits per heavy atom. The molecule has 0 N–H and O–H groups in total. The highest BCUT2D eigenvalue weighted by Gasteiger charge is 2.57. The molecular weight excluding hydrogens is 427 g/mol. The van der Waals surface area contributed by atoms with Gasteiger partial charge in [-0.3, -0.25) is 4.57 Å². The first kappa shape index (κ1) is 20.6. The van der Waals surface area contributed by atoms with Crippen LogP contribution in [0.1, 0.15) is 36.9 Å². The van der Waals surface area contributed by atoms with Crippen molar-refractivity contribution in [2.45, 2.75) is 38.2 Å². The lowest BCUT2D eigenvalue weighted by Gasteiger charge is -2.32. The Bertz CT molecular complexity index is 1140. The van der Waals surface area contributed by atoms with Crippen molar-refractivity contribution in [3.63, 3.8) is 0 Å². The number of benzene rings is 1. The summed E-state index contributed by atoms with van der Waals surface area (Å²) in [5.74, 6) is 1.86. The number of ether oxygens (including phenoxy) is 2. The number of rotatable bonds is 4. The standard InChI is InChI=1S/C21H18Cl2N4O3/c1-4-14-12(3)21(5-2,30-18(28)13-9-7-6-8-10-13)19(29-14)27-11-24-15-16(22)25-20(23)26-17(15)27/h2,6-12,14,19H,4H2,1,3H3/t12-,14-,19-,21-/m1/s1. The minimum absolute atomic E-state index is 0.0417. The lowest BCUT2D eigenvalue weighted by atomic mass is 9.85. The molecule has 2 aromatic heterocycles. The molecular formula is C21H18Cl2N4O3. The highest BCUT2D eigenvalue weighted by molar-refractivity contribution is 6.35. The SMILES string of the molecule is C#C[C@@]1(OC(=O)c2ccccc2)[C@H](C)[C@@H](CC)O[C@H]1n1cnc2c(Cl)nc(Cl)nc21. The summed E-state index contributed by atoms with van der Waals surface area (Å²) < 4.78 is 13.8. The Balaban J connectivity index is 1.83. The molecule has 0 spiro atoms. The molecule has 0 bridgehead atoms. The number of halogens is 2. The van der Waals surface area contributed by atoms with Crippen molar-refractivity contribution in [3.05, 3.63) is 52.7 Å². The van der Waals surface area contributed by atoms with Crippen LogP contribution in [0, 0.1) is 18.3 Å². The van der Waals surface area contributed by atoms with Gasteiger partial charge in [-0.15, -0.1) is 6.42 Å². The van der Waals surface area contributed by atoms with Crippen LogP contribution < -0.4 is 0 Å². The maximum Gasteiger partial charge on any atom is 0.339 e. The van der Waals surface area contributed by atoms with Crippen molar-refractivity contribution in [2.75, 3.05) is 0 Å². The Morgan fingerprint density at radius 3 is 2.73 bits per heavy atom. The molecule has 3 heterocycles. The van der Waals surface area contributed by atoms with E-state index in [1.54, 1.807) is 28.8 Å². The fourth-order valence-corrected chi connectivity index (χ4v) is 4.22. The first-order valence-corrected chi connectivity index (χ1v) is 10.1. The quantitative estimate of drug-likeness (QED) is 0.258. The number of hydrogen-bond acceptors (Lipinski definition) is 6. The summed E-state index contributed by atoms with van der Waals surface area (Å²) in [7, 11) is 0. The third-order valence-electron chi connectivity index (χ3n) is 5.41. The van der Waals surface area contributed by atoms with Crippen molar-refractivity contribution in [1.82, 2.24) is 19.5 Å². The van der Waals surface area contributed by atoms with E-state index in [4.69, 9.17) is 39.1 Å². The molecule has 1 saturated heterocycles. The number of aromatic nitrogens is 4. The predicted octanol–water partition coefficient (Wildman–Crippen LogP) is 4.31. The van der Waals surface area contributed by atoms with Gasteiger partial charge in [0.1, 0.15) is 5.52 Å². The van der Waals surface area contributed by atoms with E-state index in [2.05, 4.69) is 20.9 Å². The zero-order valence-electron chi connectivity index (χ0n) is 16.3. The largest absolute Gasteiger partial charge is 0.437 e. The Morgan fingerprint density at radius 2 is 2.07 bits per heavy atom. The van der Waals surface area contributed by atoms with Crippen molar-refractivity contribution < 1.29 is 14.3 Å². The van der Waals surface area contributed by atoms with Gasteiger partial charge in [-0.1, -0.05) is 49.6 Å². The number of esters is 1. The van der Waals surface area contributed by atoms with E-state index in [1.807, 2.05) is 19.9 Å². The molecule has 1 aliphatic heterocycles. The molecule has 3 aromatic rings. The monoisotopic (exact) mass is 444 g/mol. The Labute approximate surface area is 183 Å². The van der Waals surface area contributed by atoms with Gasteiger partial charge in [0.05, 0.1) is 18.0 Å². The lowest BCUT2D eigenvalue weighted by molar-refractivity contribution is -0.0754. The summed E-state index contributed by atoms with van der Waals surface area (Å²) in [6, 6.07) is 8.65. The predicted molar refractivity (Wildman–Crippen MR) is 112 cm³/mol. The summed E-state index contributed by atoms with van der Waals surface area (Å²) in [6.07, 6.45) is 7.01. The summed E-state index contributed by atoms with van der Waals surface area (Å²) >= 11 is 12.2. The second-order valence-electron chi connectivity index (χ2n) is 7.02. The summed E-state index contributed by atoms with van der Waals surface area (Å²) in [5, 5.41) is 0.0642. The van der Waals surface area contributed by atoms with Gasteiger partial charge in [-0.2, -0.15) is 4.98 Å². The van der Waals surface area contributed by atoms with E-state index in [-0.39, 0.29) is 22.5 Å². The summed E-state index contributed by atoms with van der Waals surface area (Å²) in [6.45, 7) is 3.88. The highest BCUT2D eigenvalue weighted by atomic mass is 35.5. The van der Waals surface area contributed by atoms with E-state index in [9.17, 15) is 4.79 Å². The van der Waals surface area contributed by atoms with Gasteiger partial charge in [-0.05, 0) is 30.2 Å². The van der Waals surface area contributed by atoms with Crippen LogP contribution in [-0.2, 0) is 9.47 Å². The number of carbonyl (C=O) groups is 1. The van der Waals surface area contributed by atoms with E-state index in [1.165, 1.54) is 6.33 Å². The van der Waals surface area contributed by atoms with Crippen LogP contribution in [0.15, 0.2) is 36.7 Å². The van der Waals surface area contributed by atoms with Gasteiger partial charge in [0.2, 0.25) is 10.9 Å². The number of terminal acetylenes is 1. The van der Waals surface area contributed by atoms with Crippen LogP contribution in [0.5, 0.6) is 0 Å². The van der Waals surface area contributed by atoms with Gasteiger partial charge in [0, 0.05) is 5.92 Å². The molecule has 1 aliphatic rings. The molecule has 0 saturated carbocycles. The maximum atomic E-state index is 12.9. The average molecular weight is 445 g/mol. The van der Waals surface area contributed by atoms with Crippen LogP contribution in [-0.4, -0.2) is 37.2 Å². The third kappa shape index (κ3) is 3.21. The normalized spacial score (nSPS) is 25.9. The minimum Gasteiger partial charge on any atom is -0.437 e. The first-order valence-electron chi connectivity index (χ1n) is 9.38. The van der Waals surface area contributed by atoms with Gasteiger partial charge < -0.3 is 9.47 Å². The highest BCUT2D eigenvalue weighted by Crippen LogP contribution is 2.47. The minimum atomic E-state index is -1.40. The van der Waals surface area contributed by atoms with Crippen LogP contribution in [0.2, 0.25) is 10.4 Å². The molecule has 4 atom stereocenters. The average Bonchev–Trinajstić information content (AvgIpc) is 3.28. The molecule has 1 fully saturated rings. The van der Waals surface area contributed by atoms with Crippen molar-refractivity contribution in [3.8, 4) is 12.3 Å². The number of fused-ring (bicyclic) bond motifs is 1. The van der Waals surface area contributed by atoms with Crippen LogP contribution in [0.4, 0.5) is 0 Å². The van der Waals surface area contributed by atoms with Crippen LogP contribution in [0.3, 0.4) is 0 Å². The second-order valence-corrected chi connectivity index (χ2v) is 7.72. The van der Waals surface area contributed by atoms with Crippen molar-refractivity contribution >= 4 is 40.3 Å². The molecule has 0 unspecified atom stereocenters. The molecule has 7 nitrogen and oxygen atoms in total. The van der Waals surface area contributed by atoms with Crippen molar-refractivity contribution in [2.24, 2.45) is 5.92 Å². The van der Waals surface area contributed by atoms with E-state index in [0.29, 0.717) is 23.1 Å². The summed E-state index contributed by atoms with van der Waals surface area (Å²) in [4.78, 5) is 25.3. The van der Waals surface area contributed by atoms with E-state index in [0.717, 1.165) is 0 Å². The lowest BCUT2D eigenvalue weighted by Crippen LogP contribution is -2.44. The van der Waals surface area contributed by atoms with E-state index < -0.39 is 17.8 Å². The molecule has 30 heavy (non-hydrogen) atoms. The maximum absolute atomic E-state index is 12.9. The Hall–Kier alpha value is -2.66. The molecule has 1 aromatic carbocycles. The molecule has 0 radical (unpaired) electrons. The van der Waals surface area contributed by atoms with Crippen molar-refractivity contribution in [1.29, 1.82) is 0 Å². The topological polar surface area (TPSA) is 79.1 Å². The van der Waals surface area contributed by atoms with Gasteiger partial charge in [0.15, 0.2) is 17.0 Å². The fourth-order valence-electron chi connectivity index (χ4n) is 3.80. The molecule has 0 aliphatic carbocycles.